The van der Waals surface area contributed by atoms with Crippen LogP contribution in [0.3, 0.4) is 0 Å². The number of anilines is 1. The van der Waals surface area contributed by atoms with Crippen LogP contribution in [0.5, 0.6) is 0 Å². The highest BCUT2D eigenvalue weighted by Gasteiger charge is 2.23. The van der Waals surface area contributed by atoms with Crippen molar-refractivity contribution in [2.24, 2.45) is 7.05 Å². The van der Waals surface area contributed by atoms with Crippen LogP contribution in [0.1, 0.15) is 46.1 Å². The van der Waals surface area contributed by atoms with Gasteiger partial charge in [-0.25, -0.2) is 9.97 Å². The molecule has 4 heterocycles. The SMILES string of the molecule is CN(C)C(=O)c1ccc(C2CCN(Cc3cc4c(-c5ccc(N)c(C#N)n5)ccnc4n3C)CC2)cc1. The predicted octanol–water partition coefficient (Wildman–Crippen LogP) is 4.17. The monoisotopic (exact) mass is 493 g/mol. The normalized spacial score (nSPS) is 14.5. The number of nitriles is 1. The number of carbonyl (C=O) groups excluding carboxylic acids is 1. The largest absolute Gasteiger partial charge is 0.396 e. The molecular formula is C29H31N7O. The number of piperidine rings is 1. The van der Waals surface area contributed by atoms with E-state index in [1.807, 2.05) is 24.3 Å². The quantitative estimate of drug-likeness (QED) is 0.447. The fourth-order valence-electron chi connectivity index (χ4n) is 5.17. The van der Waals surface area contributed by atoms with E-state index in [-0.39, 0.29) is 11.6 Å². The number of nitrogens with zero attached hydrogens (tertiary/aromatic N) is 6. The fourth-order valence-corrected chi connectivity index (χ4v) is 5.17. The van der Waals surface area contributed by atoms with Gasteiger partial charge in [0.05, 0.1) is 11.4 Å². The Hall–Kier alpha value is -4.22. The van der Waals surface area contributed by atoms with Crippen molar-refractivity contribution >= 4 is 22.6 Å². The number of benzene rings is 1. The van der Waals surface area contributed by atoms with Gasteiger partial charge in [0.15, 0.2) is 5.69 Å². The molecule has 8 nitrogen and oxygen atoms in total. The van der Waals surface area contributed by atoms with E-state index in [9.17, 15) is 10.1 Å². The molecule has 0 atom stereocenters. The third-order valence-electron chi connectivity index (χ3n) is 7.35. The van der Waals surface area contributed by atoms with Crippen LogP contribution >= 0.6 is 0 Å². The number of rotatable bonds is 5. The van der Waals surface area contributed by atoms with Crippen LogP contribution in [0, 0.1) is 11.3 Å². The number of likely N-dealkylation sites (tertiary alicyclic amines) is 1. The minimum Gasteiger partial charge on any atom is -0.396 e. The number of hydrogen-bond donors (Lipinski definition) is 1. The first-order valence-electron chi connectivity index (χ1n) is 12.5. The van der Waals surface area contributed by atoms with Crippen molar-refractivity contribution < 1.29 is 4.79 Å². The zero-order valence-corrected chi connectivity index (χ0v) is 21.5. The van der Waals surface area contributed by atoms with Gasteiger partial charge in [0, 0.05) is 56.1 Å². The fraction of sp³-hybridized carbons (Fsp3) is 0.310. The number of pyridine rings is 2. The molecule has 1 saturated heterocycles. The third-order valence-corrected chi connectivity index (χ3v) is 7.35. The predicted molar refractivity (Wildman–Crippen MR) is 145 cm³/mol. The molecule has 5 rings (SSSR count). The standard InChI is InChI=1S/C29H31N7O/c1-34(2)29(37)21-6-4-19(5-7-21)20-11-14-36(15-12-20)18-22-16-24-23(10-13-32-28(24)35(22)3)26-9-8-25(31)27(17-30)33-26/h4-10,13,16,20H,11-12,14-15,18,31H2,1-3H3. The molecule has 1 aliphatic rings. The molecule has 188 valence electrons. The summed E-state index contributed by atoms with van der Waals surface area (Å²) in [6, 6.07) is 17.9. The lowest BCUT2D eigenvalue weighted by Gasteiger charge is -2.32. The number of amides is 1. The summed E-state index contributed by atoms with van der Waals surface area (Å²) in [7, 11) is 5.60. The maximum Gasteiger partial charge on any atom is 0.253 e. The van der Waals surface area contributed by atoms with E-state index in [0.29, 0.717) is 11.6 Å². The van der Waals surface area contributed by atoms with E-state index in [2.05, 4.69) is 50.8 Å². The second kappa shape index (κ2) is 10.0. The van der Waals surface area contributed by atoms with Crippen molar-refractivity contribution in [1.29, 1.82) is 5.26 Å². The highest BCUT2D eigenvalue weighted by atomic mass is 16.2. The Balaban J connectivity index is 1.30. The van der Waals surface area contributed by atoms with Gasteiger partial charge < -0.3 is 15.2 Å². The maximum absolute atomic E-state index is 12.2. The molecule has 2 N–H and O–H groups in total. The van der Waals surface area contributed by atoms with Crippen molar-refractivity contribution in [2.75, 3.05) is 32.9 Å². The number of fused-ring (bicyclic) bond motifs is 1. The van der Waals surface area contributed by atoms with E-state index in [4.69, 9.17) is 5.73 Å². The molecule has 1 amide bonds. The van der Waals surface area contributed by atoms with Crippen LogP contribution in [0.15, 0.2) is 54.7 Å². The second-order valence-electron chi connectivity index (χ2n) is 9.91. The Morgan fingerprint density at radius 1 is 1.14 bits per heavy atom. The van der Waals surface area contributed by atoms with Crippen LogP contribution in [-0.2, 0) is 13.6 Å². The number of nitrogens with two attached hydrogens (primary N) is 1. The first-order chi connectivity index (χ1) is 17.9. The average Bonchev–Trinajstić information content (AvgIpc) is 3.24. The van der Waals surface area contributed by atoms with Crippen LogP contribution in [0.4, 0.5) is 5.69 Å². The van der Waals surface area contributed by atoms with Gasteiger partial charge in [-0.05, 0) is 73.8 Å². The van der Waals surface area contributed by atoms with Crippen LogP contribution in [0.2, 0.25) is 0 Å². The van der Waals surface area contributed by atoms with Crippen LogP contribution < -0.4 is 5.73 Å². The van der Waals surface area contributed by atoms with Gasteiger partial charge in [-0.3, -0.25) is 9.69 Å². The number of aryl methyl sites for hydroxylation is 1. The highest BCUT2D eigenvalue weighted by molar-refractivity contribution is 5.94. The molecule has 4 aromatic rings. The zero-order valence-electron chi connectivity index (χ0n) is 21.5. The first kappa shape index (κ1) is 24.5. The summed E-state index contributed by atoms with van der Waals surface area (Å²) >= 11 is 0. The van der Waals surface area contributed by atoms with Crippen molar-refractivity contribution in [3.8, 4) is 17.3 Å². The Morgan fingerprint density at radius 3 is 2.54 bits per heavy atom. The Morgan fingerprint density at radius 2 is 1.86 bits per heavy atom. The smallest absolute Gasteiger partial charge is 0.253 e. The van der Waals surface area contributed by atoms with Gasteiger partial charge in [0.25, 0.3) is 5.91 Å². The second-order valence-corrected chi connectivity index (χ2v) is 9.91. The van der Waals surface area contributed by atoms with E-state index in [1.54, 1.807) is 31.3 Å². The summed E-state index contributed by atoms with van der Waals surface area (Å²) in [5, 5.41) is 10.4. The number of nitrogen functional groups attached to an aromatic ring is 1. The Labute approximate surface area is 217 Å². The molecule has 0 unspecified atom stereocenters. The van der Waals surface area contributed by atoms with E-state index in [1.165, 1.54) is 11.3 Å². The van der Waals surface area contributed by atoms with E-state index >= 15 is 0 Å². The third kappa shape index (κ3) is 4.78. The topological polar surface area (TPSA) is 104 Å². The molecule has 3 aromatic heterocycles. The molecule has 0 bridgehead atoms. The van der Waals surface area contributed by atoms with Gasteiger partial charge in [-0.2, -0.15) is 5.26 Å². The molecule has 0 saturated carbocycles. The molecule has 8 heteroatoms. The summed E-state index contributed by atoms with van der Waals surface area (Å²) in [5.41, 5.74) is 12.3. The highest BCUT2D eigenvalue weighted by Crippen LogP contribution is 2.32. The maximum atomic E-state index is 12.2. The summed E-state index contributed by atoms with van der Waals surface area (Å²) in [4.78, 5) is 25.4. The van der Waals surface area contributed by atoms with Crippen LogP contribution in [0.25, 0.3) is 22.3 Å². The van der Waals surface area contributed by atoms with E-state index in [0.717, 1.165) is 60.3 Å². The van der Waals surface area contributed by atoms with Crippen molar-refractivity contribution in [3.63, 3.8) is 0 Å². The summed E-state index contributed by atoms with van der Waals surface area (Å²) < 4.78 is 2.15. The molecule has 1 fully saturated rings. The lowest BCUT2D eigenvalue weighted by Crippen LogP contribution is -2.33. The number of aromatic nitrogens is 3. The number of carbonyl (C=O) groups is 1. The number of hydrogen-bond acceptors (Lipinski definition) is 6. The molecule has 0 radical (unpaired) electrons. The van der Waals surface area contributed by atoms with Gasteiger partial charge in [-0.15, -0.1) is 0 Å². The molecule has 0 spiro atoms. The minimum atomic E-state index is 0.0339. The Bertz CT molecular complexity index is 1490. The van der Waals surface area contributed by atoms with Crippen molar-refractivity contribution in [3.05, 3.63) is 77.2 Å². The summed E-state index contributed by atoms with van der Waals surface area (Å²) in [6.07, 6.45) is 3.95. The van der Waals surface area contributed by atoms with Gasteiger partial charge in [0.2, 0.25) is 0 Å². The van der Waals surface area contributed by atoms with Gasteiger partial charge >= 0.3 is 0 Å². The summed E-state index contributed by atoms with van der Waals surface area (Å²) in [5.74, 6) is 0.540. The minimum absolute atomic E-state index is 0.0339. The van der Waals surface area contributed by atoms with Crippen molar-refractivity contribution in [2.45, 2.75) is 25.3 Å². The van der Waals surface area contributed by atoms with Crippen molar-refractivity contribution in [1.82, 2.24) is 24.3 Å². The lowest BCUT2D eigenvalue weighted by molar-refractivity contribution is 0.0827. The zero-order chi connectivity index (χ0) is 26.1. The molecule has 1 aromatic carbocycles. The lowest BCUT2D eigenvalue weighted by atomic mass is 9.89. The molecule has 0 aliphatic carbocycles. The van der Waals surface area contributed by atoms with Gasteiger partial charge in [0.1, 0.15) is 11.7 Å². The van der Waals surface area contributed by atoms with Crippen LogP contribution in [-0.4, -0.2) is 57.4 Å². The van der Waals surface area contributed by atoms with E-state index < -0.39 is 0 Å². The molecule has 1 aliphatic heterocycles. The average molecular weight is 494 g/mol. The first-order valence-corrected chi connectivity index (χ1v) is 12.5. The summed E-state index contributed by atoms with van der Waals surface area (Å²) in [6.45, 7) is 2.86. The molecular weight excluding hydrogens is 462 g/mol. The molecule has 37 heavy (non-hydrogen) atoms. The Kier molecular flexibility index (Phi) is 6.64. The van der Waals surface area contributed by atoms with Gasteiger partial charge in [-0.1, -0.05) is 12.1 Å².